The lowest BCUT2D eigenvalue weighted by molar-refractivity contribution is -0.119. The number of hydrogen-bond donors (Lipinski definition) is 1. The van der Waals surface area contributed by atoms with Gasteiger partial charge in [0.1, 0.15) is 24.2 Å². The molecule has 10 heteroatoms. The molecule has 0 unspecified atom stereocenters. The fourth-order valence-electron chi connectivity index (χ4n) is 4.54. The van der Waals surface area contributed by atoms with Crippen LogP contribution in [0.15, 0.2) is 47.4 Å². The van der Waals surface area contributed by atoms with Crippen molar-refractivity contribution in [2.75, 3.05) is 29.4 Å². The summed E-state index contributed by atoms with van der Waals surface area (Å²) in [5.41, 5.74) is 3.04. The summed E-state index contributed by atoms with van der Waals surface area (Å²) < 4.78 is 41.2. The zero-order valence-corrected chi connectivity index (χ0v) is 20.1. The number of para-hydroxylation sites is 1. The Morgan fingerprint density at radius 1 is 1.09 bits per heavy atom. The van der Waals surface area contributed by atoms with E-state index in [2.05, 4.69) is 10.4 Å². The second-order valence-corrected chi connectivity index (χ2v) is 10.2. The molecule has 9 nitrogen and oxygen atoms in total. The Morgan fingerprint density at radius 3 is 2.62 bits per heavy atom. The van der Waals surface area contributed by atoms with E-state index in [9.17, 15) is 13.2 Å². The van der Waals surface area contributed by atoms with Crippen molar-refractivity contribution in [1.82, 2.24) is 9.78 Å². The van der Waals surface area contributed by atoms with Gasteiger partial charge in [-0.2, -0.15) is 5.10 Å². The zero-order chi connectivity index (χ0) is 24.0. The standard InChI is InChI=1S/C24H26N4O5S/c1-15-23(34(30,31)27-11-10-18-6-4-5-7-20(18)27)16(2)28(26-15)17(3)24(29)25-19-8-9-21-22(14-19)33-13-12-32-21/h4-9,14,17H,10-13H2,1-3H3,(H,25,29)/t17-/m1/s1. The number of amides is 1. The number of nitrogens with one attached hydrogen (secondary N) is 1. The Labute approximate surface area is 198 Å². The van der Waals surface area contributed by atoms with Crippen molar-refractivity contribution < 1.29 is 22.7 Å². The zero-order valence-electron chi connectivity index (χ0n) is 19.2. The van der Waals surface area contributed by atoms with Crippen LogP contribution in [0.1, 0.15) is 29.9 Å². The number of carbonyl (C=O) groups excluding carboxylic acids is 1. The third kappa shape index (κ3) is 3.67. The predicted molar refractivity (Wildman–Crippen MR) is 127 cm³/mol. The molecule has 0 radical (unpaired) electrons. The first-order valence-corrected chi connectivity index (χ1v) is 12.6. The van der Waals surface area contributed by atoms with E-state index in [1.807, 2.05) is 24.3 Å². The van der Waals surface area contributed by atoms with Crippen molar-refractivity contribution in [3.05, 3.63) is 59.4 Å². The predicted octanol–water partition coefficient (Wildman–Crippen LogP) is 3.22. The van der Waals surface area contributed by atoms with Crippen molar-refractivity contribution in [3.63, 3.8) is 0 Å². The summed E-state index contributed by atoms with van der Waals surface area (Å²) in [6.07, 6.45) is 0.663. The molecular weight excluding hydrogens is 456 g/mol. The summed E-state index contributed by atoms with van der Waals surface area (Å²) in [5.74, 6) is 0.883. The smallest absolute Gasteiger partial charge is 0.268 e. The summed E-state index contributed by atoms with van der Waals surface area (Å²) in [4.78, 5) is 13.2. The summed E-state index contributed by atoms with van der Waals surface area (Å²) in [5, 5.41) is 7.30. The molecule has 0 fully saturated rings. The van der Waals surface area contributed by atoms with Gasteiger partial charge in [-0.25, -0.2) is 8.42 Å². The van der Waals surface area contributed by atoms with Crippen molar-refractivity contribution in [2.45, 2.75) is 38.1 Å². The van der Waals surface area contributed by atoms with Gasteiger partial charge in [0.15, 0.2) is 11.5 Å². The van der Waals surface area contributed by atoms with Crippen molar-refractivity contribution in [2.24, 2.45) is 0 Å². The lowest BCUT2D eigenvalue weighted by Crippen LogP contribution is -2.30. The number of nitrogens with zero attached hydrogens (tertiary/aromatic N) is 3. The number of rotatable bonds is 5. The molecule has 3 heterocycles. The van der Waals surface area contributed by atoms with Gasteiger partial charge in [-0.05, 0) is 51.0 Å². The van der Waals surface area contributed by atoms with E-state index < -0.39 is 16.1 Å². The topological polar surface area (TPSA) is 103 Å². The second kappa shape index (κ2) is 8.35. The van der Waals surface area contributed by atoms with Gasteiger partial charge in [0.25, 0.3) is 10.0 Å². The number of aromatic nitrogens is 2. The van der Waals surface area contributed by atoms with E-state index in [0.29, 0.717) is 60.4 Å². The van der Waals surface area contributed by atoms with Crippen LogP contribution in [0, 0.1) is 13.8 Å². The quantitative estimate of drug-likeness (QED) is 0.599. The number of anilines is 2. The van der Waals surface area contributed by atoms with Gasteiger partial charge in [0.2, 0.25) is 5.91 Å². The maximum absolute atomic E-state index is 13.6. The van der Waals surface area contributed by atoms with E-state index in [1.54, 1.807) is 39.0 Å². The molecule has 5 rings (SSSR count). The molecule has 0 saturated carbocycles. The lowest BCUT2D eigenvalue weighted by Gasteiger charge is -2.21. The first kappa shape index (κ1) is 22.3. The average molecular weight is 483 g/mol. The molecule has 0 saturated heterocycles. The summed E-state index contributed by atoms with van der Waals surface area (Å²) in [6, 6.07) is 12.0. The van der Waals surface area contributed by atoms with E-state index in [0.717, 1.165) is 5.56 Å². The van der Waals surface area contributed by atoms with Crippen molar-refractivity contribution in [1.29, 1.82) is 0 Å². The van der Waals surface area contributed by atoms with Crippen molar-refractivity contribution >= 4 is 27.3 Å². The highest BCUT2D eigenvalue weighted by molar-refractivity contribution is 7.93. The summed E-state index contributed by atoms with van der Waals surface area (Å²) in [6.45, 7) is 6.35. The second-order valence-electron chi connectivity index (χ2n) is 8.42. The van der Waals surface area contributed by atoms with Crippen LogP contribution in [-0.4, -0.2) is 43.9 Å². The molecule has 0 aliphatic carbocycles. The number of sulfonamides is 1. The van der Waals surface area contributed by atoms with Gasteiger partial charge in [-0.1, -0.05) is 18.2 Å². The minimum atomic E-state index is -3.83. The largest absolute Gasteiger partial charge is 0.486 e. The molecule has 1 amide bonds. The van der Waals surface area contributed by atoms with Gasteiger partial charge in [0, 0.05) is 18.3 Å². The highest BCUT2D eigenvalue weighted by atomic mass is 32.2. The molecule has 2 aliphatic rings. The molecule has 2 aromatic carbocycles. The van der Waals surface area contributed by atoms with Crippen LogP contribution < -0.4 is 19.1 Å². The minimum absolute atomic E-state index is 0.142. The van der Waals surface area contributed by atoms with E-state index in [1.165, 1.54) is 8.99 Å². The van der Waals surface area contributed by atoms with Crippen molar-refractivity contribution in [3.8, 4) is 11.5 Å². The van der Waals surface area contributed by atoms with Crippen LogP contribution in [-0.2, 0) is 21.2 Å². The number of ether oxygens (including phenoxy) is 2. The van der Waals surface area contributed by atoms with Crippen LogP contribution in [0.25, 0.3) is 0 Å². The fourth-order valence-corrected chi connectivity index (χ4v) is 6.42. The first-order valence-electron chi connectivity index (χ1n) is 11.1. The lowest BCUT2D eigenvalue weighted by atomic mass is 10.2. The van der Waals surface area contributed by atoms with E-state index in [-0.39, 0.29) is 10.8 Å². The van der Waals surface area contributed by atoms with Crippen LogP contribution >= 0.6 is 0 Å². The van der Waals surface area contributed by atoms with Gasteiger partial charge in [0.05, 0.1) is 17.1 Å². The van der Waals surface area contributed by atoms with Gasteiger partial charge >= 0.3 is 0 Å². The minimum Gasteiger partial charge on any atom is -0.486 e. The normalized spacial score (nSPS) is 15.7. The Hall–Kier alpha value is -3.53. The number of fused-ring (bicyclic) bond motifs is 2. The molecule has 1 atom stereocenters. The summed E-state index contributed by atoms with van der Waals surface area (Å²) in [7, 11) is -3.83. The third-order valence-corrected chi connectivity index (χ3v) is 8.27. The molecule has 178 valence electrons. The molecule has 0 bridgehead atoms. The molecule has 2 aliphatic heterocycles. The van der Waals surface area contributed by atoms with Crippen LogP contribution in [0.5, 0.6) is 11.5 Å². The third-order valence-electron chi connectivity index (χ3n) is 6.21. The SMILES string of the molecule is Cc1nn([C@H](C)C(=O)Nc2ccc3c(c2)OCCO3)c(C)c1S(=O)(=O)N1CCc2ccccc21. The van der Waals surface area contributed by atoms with Gasteiger partial charge < -0.3 is 14.8 Å². The monoisotopic (exact) mass is 482 g/mol. The van der Waals surface area contributed by atoms with E-state index >= 15 is 0 Å². The highest BCUT2D eigenvalue weighted by Gasteiger charge is 2.36. The average Bonchev–Trinajstić information content (AvgIpc) is 3.39. The Morgan fingerprint density at radius 2 is 1.82 bits per heavy atom. The van der Waals surface area contributed by atoms with Gasteiger partial charge in [-0.3, -0.25) is 13.8 Å². The number of hydrogen-bond acceptors (Lipinski definition) is 6. The maximum atomic E-state index is 13.6. The molecule has 3 aromatic rings. The fraction of sp³-hybridized carbons (Fsp3) is 0.333. The van der Waals surface area contributed by atoms with Crippen LogP contribution in [0.4, 0.5) is 11.4 Å². The van der Waals surface area contributed by atoms with Gasteiger partial charge in [-0.15, -0.1) is 0 Å². The molecule has 0 spiro atoms. The Kier molecular flexibility index (Phi) is 5.47. The molecule has 1 N–H and O–H groups in total. The number of aryl methyl sites for hydroxylation is 1. The number of benzene rings is 2. The molecule has 34 heavy (non-hydrogen) atoms. The maximum Gasteiger partial charge on any atom is 0.268 e. The van der Waals surface area contributed by atoms with E-state index in [4.69, 9.17) is 9.47 Å². The highest BCUT2D eigenvalue weighted by Crippen LogP contribution is 2.36. The summed E-state index contributed by atoms with van der Waals surface area (Å²) >= 11 is 0. The molecular formula is C24H26N4O5S. The molecule has 1 aromatic heterocycles. The van der Waals surface area contributed by atoms with Crippen LogP contribution in [0.3, 0.4) is 0 Å². The van der Waals surface area contributed by atoms with Crippen LogP contribution in [0.2, 0.25) is 0 Å². The number of carbonyl (C=O) groups is 1. The Balaban J connectivity index is 1.41. The Bertz CT molecular complexity index is 1380. The first-order chi connectivity index (χ1) is 16.3.